The number of carbonyl (C=O) groups is 1. The normalized spacial score (nSPS) is 19.7. The maximum absolute atomic E-state index is 13.1. The molecule has 2 saturated heterocycles. The van der Waals surface area contributed by atoms with Gasteiger partial charge in [0.1, 0.15) is 5.75 Å². The first-order valence-corrected chi connectivity index (χ1v) is 9.55. The lowest BCUT2D eigenvalue weighted by molar-refractivity contribution is -0.130. The summed E-state index contributed by atoms with van der Waals surface area (Å²) in [7, 11) is 1.65. The minimum atomic E-state index is -0.497. The fraction of sp³-hybridized carbons (Fsp3) is 0.650. The summed E-state index contributed by atoms with van der Waals surface area (Å²) in [6, 6.07) is 7.88. The Kier molecular flexibility index (Phi) is 8.83. The van der Waals surface area contributed by atoms with Gasteiger partial charge in [-0.1, -0.05) is 12.1 Å². The number of rotatable bonds is 7. The highest BCUT2D eigenvalue weighted by molar-refractivity contribution is 5.88. The number of methoxy groups -OCH3 is 1. The van der Waals surface area contributed by atoms with Crippen molar-refractivity contribution in [1.29, 1.82) is 0 Å². The topological polar surface area (TPSA) is 60.0 Å². The van der Waals surface area contributed by atoms with Crippen LogP contribution in [0, 0.1) is 0 Å². The molecule has 0 radical (unpaired) electrons. The summed E-state index contributed by atoms with van der Waals surface area (Å²) in [5, 5.41) is 3.18. The van der Waals surface area contributed by atoms with Crippen molar-refractivity contribution in [2.75, 3.05) is 59.7 Å². The summed E-state index contributed by atoms with van der Waals surface area (Å²) in [5.74, 6) is 0.926. The molecule has 0 aromatic heterocycles. The molecule has 1 amide bonds. The molecule has 2 fully saturated rings. The SMILES string of the molecule is COc1ccc(C2(C(=O)NCCCN3CCOCC3)CCOCC2)cc1.[Cl-]. The minimum absolute atomic E-state index is 0. The van der Waals surface area contributed by atoms with E-state index in [1.807, 2.05) is 24.3 Å². The molecule has 7 heteroatoms. The molecule has 2 aliphatic rings. The highest BCUT2D eigenvalue weighted by atomic mass is 35.5. The summed E-state index contributed by atoms with van der Waals surface area (Å²) in [6.45, 7) is 6.54. The third-order valence-corrected chi connectivity index (χ3v) is 5.46. The number of halogens is 1. The van der Waals surface area contributed by atoms with Crippen molar-refractivity contribution < 1.29 is 31.4 Å². The summed E-state index contributed by atoms with van der Waals surface area (Å²) in [6.07, 6.45) is 2.39. The molecule has 0 atom stereocenters. The number of carbonyl (C=O) groups excluding carboxylic acids is 1. The lowest BCUT2D eigenvalue weighted by Crippen LogP contribution is -3.00. The zero-order valence-corrected chi connectivity index (χ0v) is 16.8. The number of hydrogen-bond acceptors (Lipinski definition) is 5. The van der Waals surface area contributed by atoms with Crippen LogP contribution in [0.5, 0.6) is 5.75 Å². The van der Waals surface area contributed by atoms with Gasteiger partial charge in [-0.25, -0.2) is 0 Å². The Morgan fingerprint density at radius 2 is 1.74 bits per heavy atom. The summed E-state index contributed by atoms with van der Waals surface area (Å²) < 4.78 is 16.1. The molecule has 3 rings (SSSR count). The summed E-state index contributed by atoms with van der Waals surface area (Å²) >= 11 is 0. The number of benzene rings is 1. The first-order valence-electron chi connectivity index (χ1n) is 9.55. The molecular formula is C20H30ClN2O4-. The van der Waals surface area contributed by atoms with Gasteiger partial charge in [-0.05, 0) is 43.5 Å². The largest absolute Gasteiger partial charge is 1.00 e. The van der Waals surface area contributed by atoms with Crippen LogP contribution in [-0.4, -0.2) is 70.5 Å². The van der Waals surface area contributed by atoms with E-state index < -0.39 is 5.41 Å². The summed E-state index contributed by atoms with van der Waals surface area (Å²) in [5.41, 5.74) is 0.552. The van der Waals surface area contributed by atoms with E-state index in [0.29, 0.717) is 32.6 Å². The second kappa shape index (κ2) is 10.9. The van der Waals surface area contributed by atoms with E-state index in [1.165, 1.54) is 0 Å². The fourth-order valence-electron chi connectivity index (χ4n) is 3.78. The second-order valence-electron chi connectivity index (χ2n) is 6.99. The van der Waals surface area contributed by atoms with Crippen LogP contribution in [0.3, 0.4) is 0 Å². The molecule has 0 saturated carbocycles. The average molecular weight is 398 g/mol. The average Bonchev–Trinajstić information content (AvgIpc) is 2.72. The molecule has 1 aromatic rings. The molecule has 152 valence electrons. The molecule has 27 heavy (non-hydrogen) atoms. The van der Waals surface area contributed by atoms with Crippen molar-refractivity contribution in [3.05, 3.63) is 29.8 Å². The molecular weight excluding hydrogens is 368 g/mol. The second-order valence-corrected chi connectivity index (χ2v) is 6.99. The van der Waals surface area contributed by atoms with Crippen LogP contribution in [-0.2, 0) is 19.7 Å². The molecule has 6 nitrogen and oxygen atoms in total. The first-order chi connectivity index (χ1) is 12.7. The molecule has 0 aliphatic carbocycles. The van der Waals surface area contributed by atoms with Crippen LogP contribution in [0.25, 0.3) is 0 Å². The molecule has 2 aliphatic heterocycles. The number of nitrogens with one attached hydrogen (secondary N) is 1. The van der Waals surface area contributed by atoms with E-state index in [4.69, 9.17) is 14.2 Å². The number of ether oxygens (including phenoxy) is 3. The van der Waals surface area contributed by atoms with Gasteiger partial charge >= 0.3 is 0 Å². The van der Waals surface area contributed by atoms with Crippen LogP contribution in [0.4, 0.5) is 0 Å². The zero-order valence-electron chi connectivity index (χ0n) is 16.0. The number of amides is 1. The number of hydrogen-bond donors (Lipinski definition) is 1. The fourth-order valence-corrected chi connectivity index (χ4v) is 3.78. The Morgan fingerprint density at radius 1 is 1.11 bits per heavy atom. The number of morpholine rings is 1. The first kappa shape index (κ1) is 22.0. The van der Waals surface area contributed by atoms with E-state index in [0.717, 1.165) is 50.6 Å². The van der Waals surface area contributed by atoms with E-state index in [2.05, 4.69) is 10.2 Å². The molecule has 2 heterocycles. The van der Waals surface area contributed by atoms with Gasteiger partial charge in [0.15, 0.2) is 0 Å². The Morgan fingerprint density at radius 3 is 2.37 bits per heavy atom. The van der Waals surface area contributed by atoms with E-state index >= 15 is 0 Å². The lowest BCUT2D eigenvalue weighted by atomic mass is 9.73. The molecule has 0 unspecified atom stereocenters. The van der Waals surface area contributed by atoms with Crippen LogP contribution in [0.2, 0.25) is 0 Å². The minimum Gasteiger partial charge on any atom is -1.00 e. The van der Waals surface area contributed by atoms with Crippen molar-refractivity contribution in [3.63, 3.8) is 0 Å². The van der Waals surface area contributed by atoms with Gasteiger partial charge < -0.3 is 31.9 Å². The van der Waals surface area contributed by atoms with Gasteiger partial charge in [0, 0.05) is 32.8 Å². The maximum Gasteiger partial charge on any atom is 0.230 e. The van der Waals surface area contributed by atoms with Gasteiger partial charge in [0.2, 0.25) is 5.91 Å². The molecule has 1 N–H and O–H groups in total. The van der Waals surface area contributed by atoms with Gasteiger partial charge in [-0.15, -0.1) is 0 Å². The van der Waals surface area contributed by atoms with Crippen molar-refractivity contribution >= 4 is 5.91 Å². The van der Waals surface area contributed by atoms with Crippen molar-refractivity contribution in [2.45, 2.75) is 24.7 Å². The van der Waals surface area contributed by atoms with Crippen molar-refractivity contribution in [2.24, 2.45) is 0 Å². The van der Waals surface area contributed by atoms with Gasteiger partial charge in [0.25, 0.3) is 0 Å². The van der Waals surface area contributed by atoms with Crippen LogP contribution in [0.15, 0.2) is 24.3 Å². The third-order valence-electron chi connectivity index (χ3n) is 5.46. The Hall–Kier alpha value is -1.34. The monoisotopic (exact) mass is 397 g/mol. The van der Waals surface area contributed by atoms with Gasteiger partial charge in [-0.2, -0.15) is 0 Å². The molecule has 0 bridgehead atoms. The van der Waals surface area contributed by atoms with Crippen LogP contribution >= 0.6 is 0 Å². The smallest absolute Gasteiger partial charge is 0.230 e. The molecule has 0 spiro atoms. The van der Waals surface area contributed by atoms with E-state index in [1.54, 1.807) is 7.11 Å². The highest BCUT2D eigenvalue weighted by Gasteiger charge is 2.41. The predicted octanol–water partition coefficient (Wildman–Crippen LogP) is -1.41. The standard InChI is InChI=1S/C20H30N2O4.ClH/c1-24-18-5-3-17(4-6-18)20(7-13-25-14-8-20)19(23)21-9-2-10-22-11-15-26-16-12-22;/h3-6H,2,7-16H2,1H3,(H,21,23);1H/p-1. The van der Waals surface area contributed by atoms with E-state index in [9.17, 15) is 4.79 Å². The highest BCUT2D eigenvalue weighted by Crippen LogP contribution is 2.36. The lowest BCUT2D eigenvalue weighted by Gasteiger charge is -2.36. The van der Waals surface area contributed by atoms with Crippen molar-refractivity contribution in [1.82, 2.24) is 10.2 Å². The molecule has 1 aromatic carbocycles. The Labute approximate surface area is 167 Å². The summed E-state index contributed by atoms with van der Waals surface area (Å²) in [4.78, 5) is 15.5. The number of nitrogens with zero attached hydrogens (tertiary/aromatic N) is 1. The Bertz CT molecular complexity index is 570. The van der Waals surface area contributed by atoms with Crippen molar-refractivity contribution in [3.8, 4) is 5.75 Å². The Balaban J connectivity index is 0.00000261. The predicted molar refractivity (Wildman–Crippen MR) is 99.6 cm³/mol. The third kappa shape index (κ3) is 5.57. The maximum atomic E-state index is 13.1. The van der Waals surface area contributed by atoms with Crippen LogP contribution in [0.1, 0.15) is 24.8 Å². The van der Waals surface area contributed by atoms with Gasteiger partial charge in [-0.3, -0.25) is 9.69 Å². The quantitative estimate of drug-likeness (QED) is 0.573. The van der Waals surface area contributed by atoms with E-state index in [-0.39, 0.29) is 18.3 Å². The van der Waals surface area contributed by atoms with Gasteiger partial charge in [0.05, 0.1) is 25.7 Å². The zero-order chi connectivity index (χ0) is 18.2. The van der Waals surface area contributed by atoms with Crippen LogP contribution < -0.4 is 22.5 Å².